The van der Waals surface area contributed by atoms with Crippen molar-refractivity contribution in [1.29, 1.82) is 0 Å². The smallest absolute Gasteiger partial charge is 0.325 e. The third-order valence-corrected chi connectivity index (χ3v) is 6.04. The topological polar surface area (TPSA) is 98.4 Å². The number of aromatic nitrogens is 2. The highest BCUT2D eigenvalue weighted by Gasteiger charge is 2.49. The Morgan fingerprint density at radius 3 is 2.68 bits per heavy atom. The lowest BCUT2D eigenvalue weighted by atomic mass is 9.93. The molecule has 28 heavy (non-hydrogen) atoms. The lowest BCUT2D eigenvalue weighted by molar-refractivity contribution is -0.139. The summed E-state index contributed by atoms with van der Waals surface area (Å²) in [6.07, 6.45) is 2.68. The predicted molar refractivity (Wildman–Crippen MR) is 103 cm³/mol. The van der Waals surface area contributed by atoms with Crippen molar-refractivity contribution in [2.45, 2.75) is 51.1 Å². The van der Waals surface area contributed by atoms with Gasteiger partial charge in [0.2, 0.25) is 5.91 Å². The van der Waals surface area contributed by atoms with Gasteiger partial charge in [-0.15, -0.1) is 0 Å². The van der Waals surface area contributed by atoms with E-state index in [0.717, 1.165) is 34.6 Å². The first-order valence-corrected chi connectivity index (χ1v) is 9.87. The van der Waals surface area contributed by atoms with E-state index in [9.17, 15) is 14.4 Å². The summed E-state index contributed by atoms with van der Waals surface area (Å²) in [5.74, 6) is 0.213. The monoisotopic (exact) mass is 383 g/mol. The second-order valence-corrected chi connectivity index (χ2v) is 7.50. The van der Waals surface area contributed by atoms with Crippen molar-refractivity contribution < 1.29 is 14.4 Å². The van der Waals surface area contributed by atoms with Gasteiger partial charge in [-0.25, -0.2) is 9.78 Å². The Labute approximate surface area is 163 Å². The van der Waals surface area contributed by atoms with Crippen molar-refractivity contribution in [1.82, 2.24) is 25.1 Å². The summed E-state index contributed by atoms with van der Waals surface area (Å²) in [6.45, 7) is 4.09. The van der Waals surface area contributed by atoms with E-state index in [4.69, 9.17) is 0 Å². The summed E-state index contributed by atoms with van der Waals surface area (Å²) < 4.78 is 0. The van der Waals surface area contributed by atoms with Crippen LogP contribution in [-0.4, -0.2) is 56.2 Å². The molecule has 4 rings (SSSR count). The molecule has 3 heterocycles. The predicted octanol–water partition coefficient (Wildman–Crippen LogP) is 2.34. The van der Waals surface area contributed by atoms with Crippen LogP contribution in [0.4, 0.5) is 4.79 Å². The number of fused-ring (bicyclic) bond motifs is 1. The molecule has 1 unspecified atom stereocenters. The normalized spacial score (nSPS) is 21.6. The zero-order chi connectivity index (χ0) is 19.9. The van der Waals surface area contributed by atoms with E-state index in [-0.39, 0.29) is 24.4 Å². The lowest BCUT2D eigenvalue weighted by Crippen LogP contribution is -2.47. The van der Waals surface area contributed by atoms with Gasteiger partial charge in [0.25, 0.3) is 5.91 Å². The van der Waals surface area contributed by atoms with E-state index in [1.807, 2.05) is 38.1 Å². The number of hydrogen-bond donors (Lipinski definition) is 2. The molecule has 0 spiro atoms. The fourth-order valence-electron chi connectivity index (χ4n) is 4.25. The van der Waals surface area contributed by atoms with Crippen LogP contribution in [0.25, 0.3) is 11.0 Å². The third-order valence-electron chi connectivity index (χ3n) is 6.04. The molecule has 8 heteroatoms. The number of H-pyrrole nitrogens is 1. The Kier molecular flexibility index (Phi) is 4.56. The standard InChI is InChI=1S/C20H25N5O3/c1-3-20(4-2)18(27)25(19(28)23-20)12-16(26)24-11-7-10-15(24)17-21-13-8-5-6-9-14(13)22-17/h5-6,8-9,15H,3-4,7,10-12H2,1-2H3,(H,21,22)(H,23,28). The zero-order valence-corrected chi connectivity index (χ0v) is 16.2. The lowest BCUT2D eigenvalue weighted by Gasteiger charge is -2.26. The number of imidazole rings is 1. The van der Waals surface area contributed by atoms with Crippen LogP contribution in [0, 0.1) is 0 Å². The molecule has 0 aliphatic carbocycles. The number of carbonyl (C=O) groups excluding carboxylic acids is 3. The molecular formula is C20H25N5O3. The Bertz CT molecular complexity index is 900. The summed E-state index contributed by atoms with van der Waals surface area (Å²) in [5, 5.41) is 2.77. The van der Waals surface area contributed by atoms with Gasteiger partial charge in [-0.05, 0) is 37.8 Å². The molecule has 0 bridgehead atoms. The quantitative estimate of drug-likeness (QED) is 0.774. The number of aromatic amines is 1. The Hall–Kier alpha value is -2.90. The van der Waals surface area contributed by atoms with E-state index < -0.39 is 11.6 Å². The van der Waals surface area contributed by atoms with Crippen molar-refractivity contribution >= 4 is 28.9 Å². The van der Waals surface area contributed by atoms with Crippen LogP contribution in [0.3, 0.4) is 0 Å². The largest absolute Gasteiger partial charge is 0.340 e. The SMILES string of the molecule is CCC1(CC)NC(=O)N(CC(=O)N2CCCC2c2nc3ccccc3[nH]2)C1=O. The maximum atomic E-state index is 13.0. The molecule has 2 aliphatic rings. The van der Waals surface area contributed by atoms with Gasteiger partial charge in [0.15, 0.2) is 0 Å². The van der Waals surface area contributed by atoms with Gasteiger partial charge in [-0.1, -0.05) is 26.0 Å². The first-order chi connectivity index (χ1) is 13.5. The fraction of sp³-hybridized carbons (Fsp3) is 0.500. The number of hydrogen-bond acceptors (Lipinski definition) is 4. The number of amides is 4. The van der Waals surface area contributed by atoms with Gasteiger partial charge < -0.3 is 15.2 Å². The first kappa shape index (κ1) is 18.5. The van der Waals surface area contributed by atoms with Gasteiger partial charge >= 0.3 is 6.03 Å². The molecule has 8 nitrogen and oxygen atoms in total. The molecule has 2 saturated heterocycles. The summed E-state index contributed by atoms with van der Waals surface area (Å²) in [4.78, 5) is 48.8. The minimum Gasteiger partial charge on any atom is -0.340 e. The molecular weight excluding hydrogens is 358 g/mol. The fourth-order valence-corrected chi connectivity index (χ4v) is 4.25. The van der Waals surface area contributed by atoms with Crippen molar-refractivity contribution in [3.05, 3.63) is 30.1 Å². The summed E-state index contributed by atoms with van der Waals surface area (Å²) in [7, 11) is 0. The van der Waals surface area contributed by atoms with Crippen molar-refractivity contribution in [2.75, 3.05) is 13.1 Å². The molecule has 0 saturated carbocycles. The Balaban J connectivity index is 1.53. The van der Waals surface area contributed by atoms with E-state index >= 15 is 0 Å². The van der Waals surface area contributed by atoms with Crippen LogP contribution in [0.5, 0.6) is 0 Å². The number of para-hydroxylation sites is 2. The molecule has 2 N–H and O–H groups in total. The number of carbonyl (C=O) groups is 3. The minimum absolute atomic E-state index is 0.164. The highest BCUT2D eigenvalue weighted by Crippen LogP contribution is 2.32. The number of rotatable bonds is 5. The molecule has 4 amide bonds. The molecule has 148 valence electrons. The second kappa shape index (κ2) is 6.92. The van der Waals surface area contributed by atoms with Crippen LogP contribution in [0.1, 0.15) is 51.4 Å². The van der Waals surface area contributed by atoms with Crippen LogP contribution in [0.2, 0.25) is 0 Å². The molecule has 1 atom stereocenters. The maximum Gasteiger partial charge on any atom is 0.325 e. The van der Waals surface area contributed by atoms with Crippen LogP contribution in [0.15, 0.2) is 24.3 Å². The maximum absolute atomic E-state index is 13.0. The molecule has 2 aromatic rings. The highest BCUT2D eigenvalue weighted by atomic mass is 16.2. The zero-order valence-electron chi connectivity index (χ0n) is 16.2. The van der Waals surface area contributed by atoms with Crippen molar-refractivity contribution in [2.24, 2.45) is 0 Å². The summed E-state index contributed by atoms with van der Waals surface area (Å²) >= 11 is 0. The summed E-state index contributed by atoms with van der Waals surface area (Å²) in [5.41, 5.74) is 0.906. The molecule has 2 fully saturated rings. The van der Waals surface area contributed by atoms with Gasteiger partial charge in [0.05, 0.1) is 17.1 Å². The Morgan fingerprint density at radius 2 is 2.00 bits per heavy atom. The van der Waals surface area contributed by atoms with Crippen LogP contribution < -0.4 is 5.32 Å². The highest BCUT2D eigenvalue weighted by molar-refractivity contribution is 6.09. The first-order valence-electron chi connectivity index (χ1n) is 9.87. The number of urea groups is 1. The van der Waals surface area contributed by atoms with Gasteiger partial charge in [-0.3, -0.25) is 14.5 Å². The molecule has 2 aliphatic heterocycles. The Morgan fingerprint density at radius 1 is 1.25 bits per heavy atom. The number of benzene rings is 1. The van der Waals surface area contributed by atoms with Crippen LogP contribution in [-0.2, 0) is 9.59 Å². The minimum atomic E-state index is -0.888. The van der Waals surface area contributed by atoms with E-state index in [1.54, 1.807) is 4.90 Å². The van der Waals surface area contributed by atoms with Crippen molar-refractivity contribution in [3.8, 4) is 0 Å². The third kappa shape index (κ3) is 2.83. The van der Waals surface area contributed by atoms with Crippen LogP contribution >= 0.6 is 0 Å². The second-order valence-electron chi connectivity index (χ2n) is 7.50. The number of nitrogens with zero attached hydrogens (tertiary/aromatic N) is 3. The number of likely N-dealkylation sites (tertiary alicyclic amines) is 1. The number of nitrogens with one attached hydrogen (secondary N) is 2. The molecule has 1 aromatic heterocycles. The average molecular weight is 383 g/mol. The van der Waals surface area contributed by atoms with E-state index in [2.05, 4.69) is 15.3 Å². The molecule has 1 aromatic carbocycles. The van der Waals surface area contributed by atoms with Gasteiger partial charge in [0, 0.05) is 6.54 Å². The molecule has 0 radical (unpaired) electrons. The van der Waals surface area contributed by atoms with Gasteiger partial charge in [0.1, 0.15) is 17.9 Å². The van der Waals surface area contributed by atoms with Crippen molar-refractivity contribution in [3.63, 3.8) is 0 Å². The van der Waals surface area contributed by atoms with E-state index in [1.165, 1.54) is 0 Å². The summed E-state index contributed by atoms with van der Waals surface area (Å²) in [6, 6.07) is 7.10. The number of imide groups is 1. The average Bonchev–Trinajstić information content (AvgIpc) is 3.40. The van der Waals surface area contributed by atoms with Gasteiger partial charge in [-0.2, -0.15) is 0 Å². The van der Waals surface area contributed by atoms with E-state index in [0.29, 0.717) is 19.4 Å².